The lowest BCUT2D eigenvalue weighted by molar-refractivity contribution is 0.217. The summed E-state index contributed by atoms with van der Waals surface area (Å²) in [7, 11) is 0. The van der Waals surface area contributed by atoms with E-state index in [1.165, 1.54) is 77.0 Å². The Hall–Kier alpha value is -3.70. The predicted molar refractivity (Wildman–Crippen MR) is 336 cm³/mol. The van der Waals surface area contributed by atoms with Gasteiger partial charge in [0.25, 0.3) is 0 Å². The first-order valence-corrected chi connectivity index (χ1v) is 32.2. The summed E-state index contributed by atoms with van der Waals surface area (Å²) in [6, 6.07) is 20.6. The minimum atomic E-state index is 0. The van der Waals surface area contributed by atoms with Crippen molar-refractivity contribution in [1.29, 1.82) is 0 Å². The molecule has 14 unspecified atom stereocenters. The predicted octanol–water partition coefficient (Wildman–Crippen LogP) is 18.2. The molecule has 4 saturated heterocycles. The Morgan fingerprint density at radius 1 is 0.370 bits per heavy atom. The van der Waals surface area contributed by atoms with E-state index in [0.717, 1.165) is 126 Å². The molecule has 0 saturated carbocycles. The normalized spacial score (nSPS) is 21.6. The summed E-state index contributed by atoms with van der Waals surface area (Å²) in [6.07, 6.45) is 17.8. The Kier molecular flexibility index (Phi) is 30.4. The van der Waals surface area contributed by atoms with Gasteiger partial charge in [0, 0.05) is 39.3 Å². The van der Waals surface area contributed by atoms with Crippen LogP contribution in [0.25, 0.3) is 0 Å². The number of ether oxygens (including phenoxy) is 9. The third-order valence-corrected chi connectivity index (χ3v) is 16.0. The Morgan fingerprint density at radius 2 is 0.617 bits per heavy atom. The van der Waals surface area contributed by atoms with Gasteiger partial charge in [-0.15, -0.1) is 0 Å². The average molecular weight is 1130 g/mol. The molecular weight excluding hydrogens is 1010 g/mol. The van der Waals surface area contributed by atoms with Gasteiger partial charge in [-0.3, -0.25) is 0 Å². The zero-order valence-corrected chi connectivity index (χ0v) is 53.6. The van der Waals surface area contributed by atoms with Crippen LogP contribution >= 0.6 is 0 Å². The van der Waals surface area contributed by atoms with Crippen LogP contribution in [0, 0.1) is 76.9 Å². The smallest absolute Gasteiger partial charge is 0.127 e. The molecular formula is C71H120O10. The molecule has 4 aliphatic heterocycles. The lowest BCUT2D eigenvalue weighted by atomic mass is 9.76. The first-order valence-electron chi connectivity index (χ1n) is 32.2. The minimum absolute atomic E-state index is 0. The van der Waals surface area contributed by atoms with E-state index in [-0.39, 0.29) is 33.0 Å². The van der Waals surface area contributed by atoms with Crippen LogP contribution in [0.3, 0.4) is 0 Å². The second kappa shape index (κ2) is 36.2. The molecule has 14 atom stereocenters. The van der Waals surface area contributed by atoms with Crippen molar-refractivity contribution in [2.75, 3.05) is 52.9 Å². The van der Waals surface area contributed by atoms with E-state index in [1.807, 2.05) is 48.5 Å². The van der Waals surface area contributed by atoms with E-state index in [4.69, 9.17) is 42.6 Å². The minimum Gasteiger partial charge on any atom is -0.508 e. The largest absolute Gasteiger partial charge is 0.508 e. The topological polar surface area (TPSA) is 117 Å². The van der Waals surface area contributed by atoms with Crippen LogP contribution in [0.4, 0.5) is 0 Å². The first-order chi connectivity index (χ1) is 38.6. The van der Waals surface area contributed by atoms with E-state index in [0.29, 0.717) is 44.5 Å². The van der Waals surface area contributed by atoms with Gasteiger partial charge < -0.3 is 47.7 Å². The molecule has 4 aliphatic rings. The van der Waals surface area contributed by atoms with Crippen LogP contribution in [0.15, 0.2) is 66.7 Å². The fourth-order valence-corrected chi connectivity index (χ4v) is 13.1. The summed E-state index contributed by atoms with van der Waals surface area (Å²) >= 11 is 0. The van der Waals surface area contributed by atoms with E-state index in [2.05, 4.69) is 104 Å². The van der Waals surface area contributed by atoms with Crippen molar-refractivity contribution in [3.63, 3.8) is 0 Å². The SMILES string of the molecule is CC(C)CC(C)CC(C)CC(C)CC(C)CC(C)CC(C)CC(CC(C)CC(C)C)CC(C)CC(C)CC(C)C.Oc1cc(OCC2CO2)cc(OCC2CO2)c1.[2HH].[HH].c1ccc(COc2cc(OCC3CO3)cc(OCC3CO3)c2)cc1. The second-order valence-corrected chi connectivity index (χ2v) is 28.0. The van der Waals surface area contributed by atoms with E-state index < -0.39 is 0 Å². The number of hydrogen-bond donors (Lipinski definition) is 1. The molecule has 464 valence electrons. The maximum atomic E-state index is 9.53. The van der Waals surface area contributed by atoms with Gasteiger partial charge in [-0.1, -0.05) is 134 Å². The molecule has 10 nitrogen and oxygen atoms in total. The highest BCUT2D eigenvalue weighted by Gasteiger charge is 2.28. The Labute approximate surface area is 497 Å². The zero-order valence-electron chi connectivity index (χ0n) is 53.6. The maximum absolute atomic E-state index is 9.53. The molecule has 0 bridgehead atoms. The number of epoxide rings is 4. The second-order valence-electron chi connectivity index (χ2n) is 28.0. The van der Waals surface area contributed by atoms with Crippen molar-refractivity contribution in [3.05, 3.63) is 72.3 Å². The summed E-state index contributed by atoms with van der Waals surface area (Å²) in [6.45, 7) is 42.7. The zero-order chi connectivity index (χ0) is 58.8. The molecule has 4 fully saturated rings. The number of aromatic hydroxyl groups is 1. The van der Waals surface area contributed by atoms with Crippen molar-refractivity contribution >= 4 is 0 Å². The summed E-state index contributed by atoms with van der Waals surface area (Å²) in [5, 5.41) is 9.53. The third-order valence-electron chi connectivity index (χ3n) is 16.0. The fourth-order valence-electron chi connectivity index (χ4n) is 13.1. The van der Waals surface area contributed by atoms with Crippen molar-refractivity contribution in [3.8, 4) is 34.5 Å². The van der Waals surface area contributed by atoms with E-state index >= 15 is 0 Å². The molecule has 0 radical (unpaired) electrons. The molecule has 7 rings (SSSR count). The molecule has 4 heterocycles. The molecule has 0 amide bonds. The molecule has 10 heteroatoms. The van der Waals surface area contributed by atoms with Gasteiger partial charge in [0.1, 0.15) is 91.9 Å². The lowest BCUT2D eigenvalue weighted by Crippen LogP contribution is -2.18. The monoisotopic (exact) mass is 1130 g/mol. The maximum Gasteiger partial charge on any atom is 0.127 e. The Bertz CT molecular complexity index is 2060. The van der Waals surface area contributed by atoms with Crippen molar-refractivity contribution in [1.82, 2.24) is 0 Å². The fraction of sp³-hybridized carbons (Fsp3) is 0.746. The number of benzene rings is 3. The van der Waals surface area contributed by atoms with Gasteiger partial charge >= 0.3 is 0 Å². The molecule has 0 aliphatic carbocycles. The molecule has 0 spiro atoms. The molecule has 0 aromatic heterocycles. The van der Waals surface area contributed by atoms with Crippen LogP contribution in [0.2, 0.25) is 0 Å². The summed E-state index contributed by atoms with van der Waals surface area (Å²) in [4.78, 5) is 0. The number of phenolic OH excluding ortho intramolecular Hbond substituents is 1. The van der Waals surface area contributed by atoms with Crippen LogP contribution in [-0.2, 0) is 25.6 Å². The van der Waals surface area contributed by atoms with Gasteiger partial charge in [-0.2, -0.15) is 0 Å². The molecule has 3 aromatic carbocycles. The van der Waals surface area contributed by atoms with Crippen LogP contribution in [-0.4, -0.2) is 82.4 Å². The van der Waals surface area contributed by atoms with Gasteiger partial charge in [0.2, 0.25) is 0 Å². The quantitative estimate of drug-likeness (QED) is 0.0554. The molecule has 1 N–H and O–H groups in total. The highest BCUT2D eigenvalue weighted by Crippen LogP contribution is 2.37. The van der Waals surface area contributed by atoms with Gasteiger partial charge in [0.15, 0.2) is 0 Å². The number of rotatable bonds is 39. The van der Waals surface area contributed by atoms with E-state index in [1.54, 1.807) is 18.2 Å². The highest BCUT2D eigenvalue weighted by atomic mass is 16.6. The van der Waals surface area contributed by atoms with Crippen LogP contribution < -0.4 is 23.7 Å². The first kappa shape index (κ1) is 68.1. The Balaban J connectivity index is 0.000000351. The lowest BCUT2D eigenvalue weighted by Gasteiger charge is -2.30. The van der Waals surface area contributed by atoms with E-state index in [9.17, 15) is 5.11 Å². The van der Waals surface area contributed by atoms with Crippen LogP contribution in [0.1, 0.15) is 189 Å². The molecule has 3 aromatic rings. The third kappa shape index (κ3) is 32.8. The van der Waals surface area contributed by atoms with Crippen molar-refractivity contribution < 1.29 is 50.6 Å². The van der Waals surface area contributed by atoms with Gasteiger partial charge in [-0.05, 0) is 160 Å². The van der Waals surface area contributed by atoms with Crippen LogP contribution in [0.5, 0.6) is 34.5 Å². The summed E-state index contributed by atoms with van der Waals surface area (Å²) < 4.78 is 48.8. The van der Waals surface area contributed by atoms with Gasteiger partial charge in [0.05, 0.1) is 26.4 Å². The summed E-state index contributed by atoms with van der Waals surface area (Å²) in [5.74, 6) is 14.7. The van der Waals surface area contributed by atoms with Gasteiger partial charge in [-0.25, -0.2) is 0 Å². The number of hydrogen-bond acceptors (Lipinski definition) is 10. The van der Waals surface area contributed by atoms with Crippen molar-refractivity contribution in [2.45, 2.75) is 212 Å². The number of phenols is 1. The summed E-state index contributed by atoms with van der Waals surface area (Å²) in [5.41, 5.74) is 1.11. The average Bonchev–Trinajstić information content (AvgIpc) is 4.23. The van der Waals surface area contributed by atoms with Crippen molar-refractivity contribution in [2.24, 2.45) is 76.9 Å². The standard InChI is InChI=1S/C40H82.C19H20O5.C12H14O5.2H2/c1-28(2)16-31(7)19-34(10)21-35(11)22-36(12)23-37(13)24-39(15)27-40(25-33(9)18-30(5)6)26-38(14)20-32(8)17-29(3)4;1-2-4-14(5-3-1)9-20-15-6-16(21-10-18-12-23-18)8-17(7-15)22-11-19-13-24-19;13-8-1-9(14-4-11-6-16-11)3-10(2-8)15-5-12-7-17-12;;/h28-40H,16-27H2,1-15H3;1-8,18-19H,9-13H2;1-3,11-13H,4-7H2;2*1H/i;;;1+1;. The highest BCUT2D eigenvalue weighted by molar-refractivity contribution is 5.43. The molecule has 81 heavy (non-hydrogen) atoms. The Morgan fingerprint density at radius 3 is 0.901 bits per heavy atom.